The number of thiazole rings is 1. The van der Waals surface area contributed by atoms with Crippen LogP contribution in [0.15, 0.2) is 17.5 Å². The predicted molar refractivity (Wildman–Crippen MR) is 69.5 cm³/mol. The van der Waals surface area contributed by atoms with Gasteiger partial charge in [0.1, 0.15) is 5.01 Å². The third-order valence-corrected chi connectivity index (χ3v) is 4.16. The largest absolute Gasteiger partial charge is 0.476 e. The van der Waals surface area contributed by atoms with Gasteiger partial charge in [-0.15, -0.1) is 11.3 Å². The van der Waals surface area contributed by atoms with E-state index in [0.717, 1.165) is 0 Å². The van der Waals surface area contributed by atoms with E-state index in [1.807, 2.05) is 0 Å². The van der Waals surface area contributed by atoms with Crippen LogP contribution in [0.2, 0.25) is 15.1 Å². The number of hydrogen-bond donors (Lipinski definition) is 1. The second-order valence-electron chi connectivity index (χ2n) is 3.07. The lowest BCUT2D eigenvalue weighted by Gasteiger charge is -2.03. The molecule has 0 saturated heterocycles. The van der Waals surface area contributed by atoms with Crippen LogP contribution in [0, 0.1) is 0 Å². The second-order valence-corrected chi connectivity index (χ2v) is 5.09. The topological polar surface area (TPSA) is 50.2 Å². The van der Waals surface area contributed by atoms with Crippen LogP contribution in [0.5, 0.6) is 0 Å². The summed E-state index contributed by atoms with van der Waals surface area (Å²) >= 11 is 18.9. The summed E-state index contributed by atoms with van der Waals surface area (Å²) in [6.45, 7) is 0. The van der Waals surface area contributed by atoms with Gasteiger partial charge in [0.05, 0.1) is 15.1 Å². The van der Waals surface area contributed by atoms with Crippen LogP contribution in [-0.4, -0.2) is 16.1 Å². The molecule has 88 valence electrons. The number of hydrogen-bond acceptors (Lipinski definition) is 3. The zero-order valence-corrected chi connectivity index (χ0v) is 11.2. The van der Waals surface area contributed by atoms with Gasteiger partial charge in [-0.25, -0.2) is 9.78 Å². The summed E-state index contributed by atoms with van der Waals surface area (Å²) in [5, 5.41) is 11.6. The highest BCUT2D eigenvalue weighted by Gasteiger charge is 2.15. The van der Waals surface area contributed by atoms with E-state index < -0.39 is 5.97 Å². The Balaban J connectivity index is 2.53. The fraction of sp³-hybridized carbons (Fsp3) is 0. The summed E-state index contributed by atoms with van der Waals surface area (Å²) in [4.78, 5) is 14.7. The average Bonchev–Trinajstić information content (AvgIpc) is 2.75. The van der Waals surface area contributed by atoms with Gasteiger partial charge in [-0.05, 0) is 12.1 Å². The quantitative estimate of drug-likeness (QED) is 0.833. The molecule has 0 amide bonds. The summed E-state index contributed by atoms with van der Waals surface area (Å²) in [6.07, 6.45) is 0. The molecule has 2 rings (SSSR count). The molecule has 1 N–H and O–H groups in total. The van der Waals surface area contributed by atoms with Gasteiger partial charge in [-0.3, -0.25) is 0 Å². The molecule has 0 atom stereocenters. The minimum atomic E-state index is -1.08. The maximum atomic E-state index is 10.7. The molecule has 3 nitrogen and oxygen atoms in total. The minimum absolute atomic E-state index is 0.0212. The fourth-order valence-electron chi connectivity index (χ4n) is 1.19. The number of halogens is 3. The number of aromatic carboxylic acids is 1. The number of carboxylic acid groups (broad SMARTS) is 1. The van der Waals surface area contributed by atoms with Crippen molar-refractivity contribution in [3.05, 3.63) is 38.3 Å². The van der Waals surface area contributed by atoms with Gasteiger partial charge >= 0.3 is 5.97 Å². The van der Waals surface area contributed by atoms with Gasteiger partial charge in [-0.1, -0.05) is 34.8 Å². The molecule has 17 heavy (non-hydrogen) atoms. The molecule has 2 aromatic rings. The van der Waals surface area contributed by atoms with Crippen LogP contribution in [0.4, 0.5) is 0 Å². The summed E-state index contributed by atoms with van der Waals surface area (Å²) in [5.74, 6) is -1.08. The third kappa shape index (κ3) is 2.40. The van der Waals surface area contributed by atoms with Crippen molar-refractivity contribution in [2.45, 2.75) is 0 Å². The molecule has 0 bridgehead atoms. The van der Waals surface area contributed by atoms with E-state index in [1.165, 1.54) is 16.7 Å². The van der Waals surface area contributed by atoms with E-state index in [-0.39, 0.29) is 15.7 Å². The Morgan fingerprint density at radius 1 is 1.24 bits per heavy atom. The molecule has 0 unspecified atom stereocenters. The van der Waals surface area contributed by atoms with Gasteiger partial charge in [0, 0.05) is 10.9 Å². The van der Waals surface area contributed by atoms with Crippen molar-refractivity contribution in [3.8, 4) is 10.6 Å². The van der Waals surface area contributed by atoms with Crippen LogP contribution in [0.1, 0.15) is 10.5 Å². The molecule has 0 aliphatic rings. The first-order valence-electron chi connectivity index (χ1n) is 4.33. The number of rotatable bonds is 2. The average molecular weight is 309 g/mol. The number of carbonyl (C=O) groups is 1. The van der Waals surface area contributed by atoms with Gasteiger partial charge in [0.25, 0.3) is 0 Å². The molecular formula is C10H4Cl3NO2S. The highest BCUT2D eigenvalue weighted by atomic mass is 35.5. The highest BCUT2D eigenvalue weighted by Crippen LogP contribution is 2.38. The van der Waals surface area contributed by atoms with Crippen molar-refractivity contribution in [1.82, 2.24) is 4.98 Å². The van der Waals surface area contributed by atoms with E-state index in [1.54, 1.807) is 12.1 Å². The first kappa shape index (κ1) is 12.6. The minimum Gasteiger partial charge on any atom is -0.476 e. The van der Waals surface area contributed by atoms with Crippen molar-refractivity contribution in [3.63, 3.8) is 0 Å². The SMILES string of the molecule is O=C(O)c1csc(-c2ccc(Cl)c(Cl)c2Cl)n1. The monoisotopic (exact) mass is 307 g/mol. The summed E-state index contributed by atoms with van der Waals surface area (Å²) in [5.41, 5.74) is 0.547. The van der Waals surface area contributed by atoms with E-state index in [0.29, 0.717) is 15.6 Å². The zero-order chi connectivity index (χ0) is 12.6. The number of carboxylic acids is 1. The molecule has 0 saturated carbocycles. The lowest BCUT2D eigenvalue weighted by atomic mass is 10.2. The van der Waals surface area contributed by atoms with Crippen molar-refractivity contribution in [2.24, 2.45) is 0 Å². The van der Waals surface area contributed by atoms with Crippen molar-refractivity contribution < 1.29 is 9.90 Å². The highest BCUT2D eigenvalue weighted by molar-refractivity contribution is 7.13. The number of nitrogens with zero attached hydrogens (tertiary/aromatic N) is 1. The molecule has 0 radical (unpaired) electrons. The Hall–Kier alpha value is -0.810. The Labute approximate surface area is 116 Å². The summed E-state index contributed by atoms with van der Waals surface area (Å²) in [7, 11) is 0. The molecule has 0 spiro atoms. The normalized spacial score (nSPS) is 10.5. The van der Waals surface area contributed by atoms with E-state index in [9.17, 15) is 4.79 Å². The van der Waals surface area contributed by atoms with Crippen LogP contribution in [0.25, 0.3) is 10.6 Å². The molecule has 1 aromatic carbocycles. The Morgan fingerprint density at radius 3 is 2.53 bits per heavy atom. The Bertz CT molecular complexity index is 597. The van der Waals surface area contributed by atoms with Crippen molar-refractivity contribution >= 4 is 52.1 Å². The standard InChI is InChI=1S/C10H4Cl3NO2S/c11-5-2-1-4(7(12)8(5)13)9-14-6(3-17-9)10(15)16/h1-3H,(H,15,16). The Kier molecular flexibility index (Phi) is 3.58. The third-order valence-electron chi connectivity index (χ3n) is 1.99. The maximum Gasteiger partial charge on any atom is 0.355 e. The maximum absolute atomic E-state index is 10.7. The van der Waals surface area contributed by atoms with Gasteiger partial charge < -0.3 is 5.11 Å². The van der Waals surface area contributed by atoms with Crippen molar-refractivity contribution in [1.29, 1.82) is 0 Å². The van der Waals surface area contributed by atoms with E-state index in [4.69, 9.17) is 39.9 Å². The molecule has 0 fully saturated rings. The molecule has 0 aliphatic carbocycles. The molecule has 1 aromatic heterocycles. The first-order chi connectivity index (χ1) is 8.00. The Morgan fingerprint density at radius 2 is 1.94 bits per heavy atom. The zero-order valence-electron chi connectivity index (χ0n) is 8.08. The van der Waals surface area contributed by atoms with Crippen LogP contribution in [-0.2, 0) is 0 Å². The number of benzene rings is 1. The van der Waals surface area contributed by atoms with Crippen LogP contribution >= 0.6 is 46.1 Å². The lowest BCUT2D eigenvalue weighted by Crippen LogP contribution is -1.95. The fourth-order valence-corrected chi connectivity index (χ4v) is 2.69. The van der Waals surface area contributed by atoms with Gasteiger partial charge in [0.15, 0.2) is 5.69 Å². The van der Waals surface area contributed by atoms with Crippen LogP contribution in [0.3, 0.4) is 0 Å². The summed E-state index contributed by atoms with van der Waals surface area (Å²) in [6, 6.07) is 3.24. The van der Waals surface area contributed by atoms with Gasteiger partial charge in [0.2, 0.25) is 0 Å². The summed E-state index contributed by atoms with van der Waals surface area (Å²) < 4.78 is 0. The molecular weight excluding hydrogens is 305 g/mol. The molecule has 0 aliphatic heterocycles. The molecule has 7 heteroatoms. The van der Waals surface area contributed by atoms with Crippen molar-refractivity contribution in [2.75, 3.05) is 0 Å². The predicted octanol–water partition coefficient (Wildman–Crippen LogP) is 4.47. The molecule has 1 heterocycles. The second kappa shape index (κ2) is 4.82. The van der Waals surface area contributed by atoms with E-state index >= 15 is 0 Å². The lowest BCUT2D eigenvalue weighted by molar-refractivity contribution is 0.0691. The van der Waals surface area contributed by atoms with Crippen LogP contribution < -0.4 is 0 Å². The van der Waals surface area contributed by atoms with E-state index in [2.05, 4.69) is 4.98 Å². The smallest absolute Gasteiger partial charge is 0.355 e. The van der Waals surface area contributed by atoms with Gasteiger partial charge in [-0.2, -0.15) is 0 Å². The first-order valence-corrected chi connectivity index (χ1v) is 6.34. The number of aromatic nitrogens is 1.